The molecule has 0 amide bonds. The fourth-order valence-corrected chi connectivity index (χ4v) is 1.96. The van der Waals surface area contributed by atoms with Crippen molar-refractivity contribution in [2.75, 3.05) is 0 Å². The smallest absolute Gasteiger partial charge is 0.0912 e. The van der Waals surface area contributed by atoms with Crippen LogP contribution in [-0.2, 0) is 0 Å². The number of alkyl halides is 1. The van der Waals surface area contributed by atoms with Crippen molar-refractivity contribution in [3.8, 4) is 0 Å². The predicted octanol–water partition coefficient (Wildman–Crippen LogP) is 3.66. The summed E-state index contributed by atoms with van der Waals surface area (Å²) in [4.78, 5) is 0.0682. The largest absolute Gasteiger partial charge is 0.387 e. The van der Waals surface area contributed by atoms with Gasteiger partial charge in [-0.15, -0.1) is 0 Å². The summed E-state index contributed by atoms with van der Waals surface area (Å²) in [7, 11) is 0. The van der Waals surface area contributed by atoms with Crippen LogP contribution in [0.1, 0.15) is 18.6 Å². The second-order valence-corrected chi connectivity index (χ2v) is 5.17. The number of aliphatic hydroxyl groups is 1. The van der Waals surface area contributed by atoms with Crippen LogP contribution in [0, 0.1) is 0 Å². The maximum Gasteiger partial charge on any atom is 0.0912 e. The van der Waals surface area contributed by atoms with Crippen LogP contribution < -0.4 is 0 Å². The van der Waals surface area contributed by atoms with Gasteiger partial charge in [0.05, 0.1) is 6.10 Å². The minimum absolute atomic E-state index is 0.0682. The van der Waals surface area contributed by atoms with Gasteiger partial charge in [0.1, 0.15) is 0 Å². The zero-order valence-corrected chi connectivity index (χ0v) is 10.1. The van der Waals surface area contributed by atoms with E-state index in [1.165, 1.54) is 10.8 Å². The lowest BCUT2D eigenvalue weighted by molar-refractivity contribution is 0.181. The summed E-state index contributed by atoms with van der Waals surface area (Å²) in [5.74, 6) is 0. The van der Waals surface area contributed by atoms with Gasteiger partial charge in [-0.05, 0) is 29.3 Å². The first-order valence-electron chi connectivity index (χ1n) is 4.99. The molecule has 0 saturated heterocycles. The quantitative estimate of drug-likeness (QED) is 0.821. The molecule has 0 aromatic heterocycles. The number of hydrogen-bond donors (Lipinski definition) is 1. The van der Waals surface area contributed by atoms with Crippen molar-refractivity contribution < 1.29 is 5.11 Å². The molecule has 2 unspecified atom stereocenters. The van der Waals surface area contributed by atoms with Gasteiger partial charge in [0.25, 0.3) is 0 Å². The number of halogens is 1. The van der Waals surface area contributed by atoms with Gasteiger partial charge in [-0.1, -0.05) is 52.3 Å². The van der Waals surface area contributed by atoms with E-state index in [1.54, 1.807) is 0 Å². The molecule has 1 nitrogen and oxygen atoms in total. The molecule has 2 heteroatoms. The van der Waals surface area contributed by atoms with Crippen LogP contribution in [0.4, 0.5) is 0 Å². The highest BCUT2D eigenvalue weighted by Crippen LogP contribution is 2.25. The number of aliphatic hydroxyl groups excluding tert-OH is 1. The second kappa shape index (κ2) is 4.33. The zero-order valence-electron chi connectivity index (χ0n) is 8.52. The van der Waals surface area contributed by atoms with Crippen LogP contribution in [-0.4, -0.2) is 9.93 Å². The summed E-state index contributed by atoms with van der Waals surface area (Å²) in [6.07, 6.45) is -0.449. The highest BCUT2D eigenvalue weighted by molar-refractivity contribution is 9.09. The maximum atomic E-state index is 9.91. The topological polar surface area (TPSA) is 20.2 Å². The Morgan fingerprint density at radius 1 is 1.07 bits per heavy atom. The van der Waals surface area contributed by atoms with Gasteiger partial charge in [0, 0.05) is 4.83 Å². The van der Waals surface area contributed by atoms with Gasteiger partial charge < -0.3 is 5.11 Å². The lowest BCUT2D eigenvalue weighted by Crippen LogP contribution is -2.07. The summed E-state index contributed by atoms with van der Waals surface area (Å²) < 4.78 is 0. The molecule has 2 atom stereocenters. The summed E-state index contributed by atoms with van der Waals surface area (Å²) in [6.45, 7) is 1.94. The predicted molar refractivity (Wildman–Crippen MR) is 67.3 cm³/mol. The molecule has 0 spiro atoms. The van der Waals surface area contributed by atoms with E-state index in [2.05, 4.69) is 28.1 Å². The van der Waals surface area contributed by atoms with Crippen LogP contribution in [0.5, 0.6) is 0 Å². The van der Waals surface area contributed by atoms with E-state index < -0.39 is 6.10 Å². The van der Waals surface area contributed by atoms with Crippen molar-refractivity contribution in [1.29, 1.82) is 0 Å². The van der Waals surface area contributed by atoms with Crippen molar-refractivity contribution in [2.24, 2.45) is 0 Å². The van der Waals surface area contributed by atoms with Crippen molar-refractivity contribution in [2.45, 2.75) is 17.9 Å². The molecule has 2 aromatic carbocycles. The molecule has 0 fully saturated rings. The zero-order chi connectivity index (χ0) is 10.8. The van der Waals surface area contributed by atoms with E-state index in [4.69, 9.17) is 0 Å². The number of rotatable bonds is 2. The Hall–Kier alpha value is -0.860. The first-order chi connectivity index (χ1) is 7.18. The molecule has 0 radical (unpaired) electrons. The molecular formula is C13H13BrO. The molecule has 0 aliphatic heterocycles. The van der Waals surface area contributed by atoms with Crippen LogP contribution in [0.2, 0.25) is 0 Å². The SMILES string of the molecule is CC(Br)C(O)c1ccc2ccccc2c1. The molecular weight excluding hydrogens is 252 g/mol. The molecule has 0 aliphatic carbocycles. The number of fused-ring (bicyclic) bond motifs is 1. The van der Waals surface area contributed by atoms with Gasteiger partial charge in [0.2, 0.25) is 0 Å². The minimum Gasteiger partial charge on any atom is -0.387 e. The molecule has 2 rings (SSSR count). The van der Waals surface area contributed by atoms with Crippen molar-refractivity contribution >= 4 is 26.7 Å². The van der Waals surface area contributed by atoms with E-state index >= 15 is 0 Å². The Labute approximate surface area is 97.9 Å². The van der Waals surface area contributed by atoms with Crippen molar-refractivity contribution in [1.82, 2.24) is 0 Å². The fourth-order valence-electron chi connectivity index (χ4n) is 1.66. The Balaban J connectivity index is 2.47. The molecule has 1 N–H and O–H groups in total. The number of hydrogen-bond acceptors (Lipinski definition) is 1. The van der Waals surface area contributed by atoms with Gasteiger partial charge in [-0.25, -0.2) is 0 Å². The molecule has 78 valence electrons. The molecule has 2 aromatic rings. The van der Waals surface area contributed by atoms with Gasteiger partial charge in [0.15, 0.2) is 0 Å². The van der Waals surface area contributed by atoms with E-state index in [0.29, 0.717) is 0 Å². The number of benzene rings is 2. The Morgan fingerprint density at radius 3 is 2.40 bits per heavy atom. The maximum absolute atomic E-state index is 9.91. The Morgan fingerprint density at radius 2 is 1.73 bits per heavy atom. The molecule has 0 aliphatic rings. The third-order valence-electron chi connectivity index (χ3n) is 2.55. The van der Waals surface area contributed by atoms with E-state index in [0.717, 1.165) is 5.56 Å². The van der Waals surface area contributed by atoms with Crippen molar-refractivity contribution in [3.63, 3.8) is 0 Å². The summed E-state index contributed by atoms with van der Waals surface area (Å²) >= 11 is 3.39. The first kappa shape index (κ1) is 10.7. The third-order valence-corrected chi connectivity index (χ3v) is 3.05. The van der Waals surface area contributed by atoms with Gasteiger partial charge in [-0.2, -0.15) is 0 Å². The highest BCUT2D eigenvalue weighted by atomic mass is 79.9. The first-order valence-corrected chi connectivity index (χ1v) is 5.91. The normalized spacial score (nSPS) is 15.1. The Kier molecular flexibility index (Phi) is 3.08. The standard InChI is InChI=1S/C13H13BrO/c1-9(14)13(15)12-7-6-10-4-2-3-5-11(10)8-12/h2-9,13,15H,1H3. The lowest BCUT2D eigenvalue weighted by atomic mass is 10.0. The Bertz CT molecular complexity index is 465. The summed E-state index contributed by atoms with van der Waals surface area (Å²) in [5, 5.41) is 12.3. The van der Waals surface area contributed by atoms with Crippen LogP contribution in [0.3, 0.4) is 0 Å². The monoisotopic (exact) mass is 264 g/mol. The third kappa shape index (κ3) is 2.21. The van der Waals surface area contributed by atoms with E-state index in [1.807, 2.05) is 37.3 Å². The van der Waals surface area contributed by atoms with Crippen LogP contribution in [0.25, 0.3) is 10.8 Å². The average molecular weight is 265 g/mol. The van der Waals surface area contributed by atoms with Gasteiger partial charge >= 0.3 is 0 Å². The van der Waals surface area contributed by atoms with E-state index in [-0.39, 0.29) is 4.83 Å². The average Bonchev–Trinajstić information content (AvgIpc) is 2.27. The fraction of sp³-hybridized carbons (Fsp3) is 0.231. The molecule has 0 heterocycles. The van der Waals surface area contributed by atoms with Crippen molar-refractivity contribution in [3.05, 3.63) is 48.0 Å². The van der Waals surface area contributed by atoms with E-state index in [9.17, 15) is 5.11 Å². The van der Waals surface area contributed by atoms with Gasteiger partial charge in [-0.3, -0.25) is 0 Å². The lowest BCUT2D eigenvalue weighted by Gasteiger charge is -2.13. The van der Waals surface area contributed by atoms with Crippen LogP contribution in [0.15, 0.2) is 42.5 Å². The second-order valence-electron chi connectivity index (χ2n) is 3.73. The summed E-state index contributed by atoms with van der Waals surface area (Å²) in [5.41, 5.74) is 0.957. The minimum atomic E-state index is -0.449. The molecule has 15 heavy (non-hydrogen) atoms. The summed E-state index contributed by atoms with van der Waals surface area (Å²) in [6, 6.07) is 14.2. The molecule has 0 saturated carbocycles. The highest BCUT2D eigenvalue weighted by Gasteiger charge is 2.13. The molecule has 0 bridgehead atoms. The van der Waals surface area contributed by atoms with Crippen LogP contribution >= 0.6 is 15.9 Å².